The van der Waals surface area contributed by atoms with Gasteiger partial charge < -0.3 is 10.1 Å². The van der Waals surface area contributed by atoms with Crippen molar-refractivity contribution in [2.45, 2.75) is 44.6 Å². The van der Waals surface area contributed by atoms with Crippen LogP contribution in [0, 0.1) is 0 Å². The van der Waals surface area contributed by atoms with Gasteiger partial charge >= 0.3 is 0 Å². The summed E-state index contributed by atoms with van der Waals surface area (Å²) in [4.78, 5) is 12.8. The molecule has 2 rings (SSSR count). The van der Waals surface area contributed by atoms with Crippen LogP contribution in [-0.2, 0) is 10.0 Å². The number of hydrogen-bond acceptors (Lipinski definition) is 4. The quantitative estimate of drug-likeness (QED) is 0.623. The molecule has 0 saturated carbocycles. The molecule has 6 nitrogen and oxygen atoms in total. The third-order valence-corrected chi connectivity index (χ3v) is 5.78. The van der Waals surface area contributed by atoms with E-state index in [1.807, 2.05) is 13.0 Å². The first-order valence-corrected chi connectivity index (χ1v) is 11.2. The third-order valence-electron chi connectivity index (χ3n) is 3.51. The molecule has 0 aliphatic carbocycles. The average molecular weight is 469 g/mol. The Bertz CT molecular complexity index is 936. The van der Waals surface area contributed by atoms with Gasteiger partial charge in [0.25, 0.3) is 5.91 Å². The molecule has 152 valence electrons. The Kier molecular flexibility index (Phi) is 7.25. The Morgan fingerprint density at radius 2 is 1.75 bits per heavy atom. The van der Waals surface area contributed by atoms with Crippen molar-refractivity contribution in [1.82, 2.24) is 4.72 Å². The number of rotatable bonds is 7. The monoisotopic (exact) mass is 468 g/mol. The number of sulfonamides is 1. The van der Waals surface area contributed by atoms with Gasteiger partial charge in [0.2, 0.25) is 10.0 Å². The number of benzene rings is 2. The summed E-state index contributed by atoms with van der Waals surface area (Å²) in [7, 11) is -3.63. The minimum absolute atomic E-state index is 0.134. The van der Waals surface area contributed by atoms with E-state index in [1.54, 1.807) is 45.0 Å². The summed E-state index contributed by atoms with van der Waals surface area (Å²) in [6, 6.07) is 11.3. The molecule has 0 aliphatic heterocycles. The molecule has 0 unspecified atom stereocenters. The minimum Gasteiger partial charge on any atom is -0.493 e. The first kappa shape index (κ1) is 22.4. The molecule has 2 aromatic rings. The molecule has 2 N–H and O–H groups in total. The van der Waals surface area contributed by atoms with Gasteiger partial charge in [-0.15, -0.1) is 0 Å². The molecule has 2 aromatic carbocycles. The highest BCUT2D eigenvalue weighted by molar-refractivity contribution is 9.10. The molecule has 0 bridgehead atoms. The number of amides is 1. The Balaban J connectivity index is 2.19. The molecule has 0 aliphatic rings. The van der Waals surface area contributed by atoms with Crippen LogP contribution in [0.4, 0.5) is 5.69 Å². The number of ether oxygens (including phenoxy) is 1. The molecule has 1 amide bonds. The lowest BCUT2D eigenvalue weighted by Crippen LogP contribution is -2.40. The van der Waals surface area contributed by atoms with E-state index in [9.17, 15) is 13.2 Å². The van der Waals surface area contributed by atoms with Crippen molar-refractivity contribution in [3.05, 3.63) is 52.5 Å². The zero-order valence-electron chi connectivity index (χ0n) is 16.4. The second-order valence-corrected chi connectivity index (χ2v) is 9.92. The van der Waals surface area contributed by atoms with Crippen LogP contribution >= 0.6 is 15.9 Å². The van der Waals surface area contributed by atoms with Gasteiger partial charge in [0.1, 0.15) is 5.75 Å². The topological polar surface area (TPSA) is 84.5 Å². The molecule has 0 saturated heterocycles. The first-order valence-electron chi connectivity index (χ1n) is 8.89. The van der Waals surface area contributed by atoms with Gasteiger partial charge in [-0.05, 0) is 69.7 Å². The molecule has 0 aromatic heterocycles. The van der Waals surface area contributed by atoms with E-state index in [0.29, 0.717) is 23.6 Å². The predicted molar refractivity (Wildman–Crippen MR) is 114 cm³/mol. The Morgan fingerprint density at radius 1 is 1.11 bits per heavy atom. The number of anilines is 1. The zero-order valence-corrected chi connectivity index (χ0v) is 18.8. The Hall–Kier alpha value is -1.90. The fraction of sp³-hybridized carbons (Fsp3) is 0.350. The molecule has 0 fully saturated rings. The largest absolute Gasteiger partial charge is 0.493 e. The normalized spacial score (nSPS) is 11.9. The average Bonchev–Trinajstić information content (AvgIpc) is 2.59. The van der Waals surface area contributed by atoms with Crippen LogP contribution in [0.25, 0.3) is 0 Å². The predicted octanol–water partition coefficient (Wildman–Crippen LogP) is 4.57. The Labute approximate surface area is 174 Å². The highest BCUT2D eigenvalue weighted by Crippen LogP contribution is 2.25. The molecule has 0 radical (unpaired) electrons. The summed E-state index contributed by atoms with van der Waals surface area (Å²) in [5, 5.41) is 2.77. The molecule has 28 heavy (non-hydrogen) atoms. The molecule has 0 heterocycles. The van der Waals surface area contributed by atoms with E-state index in [-0.39, 0.29) is 10.8 Å². The fourth-order valence-electron chi connectivity index (χ4n) is 2.40. The van der Waals surface area contributed by atoms with Gasteiger partial charge in [0.15, 0.2) is 0 Å². The van der Waals surface area contributed by atoms with Gasteiger partial charge in [0, 0.05) is 15.7 Å². The third kappa shape index (κ3) is 6.32. The number of halogens is 1. The van der Waals surface area contributed by atoms with Crippen molar-refractivity contribution in [3.8, 4) is 5.75 Å². The summed E-state index contributed by atoms with van der Waals surface area (Å²) in [5.41, 5.74) is 0.302. The van der Waals surface area contributed by atoms with Gasteiger partial charge in [-0.25, -0.2) is 13.1 Å². The molecular weight excluding hydrogens is 444 g/mol. The van der Waals surface area contributed by atoms with Crippen molar-refractivity contribution >= 4 is 37.5 Å². The summed E-state index contributed by atoms with van der Waals surface area (Å²) < 4.78 is 33.7. The fourth-order valence-corrected chi connectivity index (χ4v) is 4.17. The lowest BCUT2D eigenvalue weighted by atomic mass is 10.1. The molecule has 8 heteroatoms. The number of hydrogen-bond donors (Lipinski definition) is 2. The second-order valence-electron chi connectivity index (χ2n) is 7.32. The van der Waals surface area contributed by atoms with Crippen LogP contribution < -0.4 is 14.8 Å². The lowest BCUT2D eigenvalue weighted by molar-refractivity contribution is 0.102. The van der Waals surface area contributed by atoms with Crippen LogP contribution in [0.3, 0.4) is 0 Å². The maximum Gasteiger partial charge on any atom is 0.259 e. The molecule has 0 atom stereocenters. The van der Waals surface area contributed by atoms with Crippen LogP contribution in [0.5, 0.6) is 5.75 Å². The van der Waals surface area contributed by atoms with Gasteiger partial charge in [-0.2, -0.15) is 0 Å². The zero-order chi connectivity index (χ0) is 20.9. The second kappa shape index (κ2) is 9.07. The number of carbonyl (C=O) groups is 1. The van der Waals surface area contributed by atoms with E-state index < -0.39 is 15.6 Å². The van der Waals surface area contributed by atoms with Crippen LogP contribution in [0.15, 0.2) is 51.8 Å². The van der Waals surface area contributed by atoms with Crippen molar-refractivity contribution in [2.24, 2.45) is 0 Å². The summed E-state index contributed by atoms with van der Waals surface area (Å²) in [6.45, 7) is 7.82. The van der Waals surface area contributed by atoms with Gasteiger partial charge in [-0.3, -0.25) is 4.79 Å². The van der Waals surface area contributed by atoms with Crippen LogP contribution in [0.1, 0.15) is 44.5 Å². The lowest BCUT2D eigenvalue weighted by Gasteiger charge is -2.20. The van der Waals surface area contributed by atoms with E-state index in [1.165, 1.54) is 12.1 Å². The SMILES string of the molecule is CCCOc1ccc(Br)cc1C(=O)Nc1ccc(S(=O)(=O)NC(C)(C)C)cc1. The van der Waals surface area contributed by atoms with E-state index in [4.69, 9.17) is 4.74 Å². The van der Waals surface area contributed by atoms with Gasteiger partial charge in [-0.1, -0.05) is 22.9 Å². The Morgan fingerprint density at radius 3 is 2.32 bits per heavy atom. The summed E-state index contributed by atoms with van der Waals surface area (Å²) in [6.07, 6.45) is 0.829. The van der Waals surface area contributed by atoms with Crippen molar-refractivity contribution in [1.29, 1.82) is 0 Å². The maximum absolute atomic E-state index is 12.7. The summed E-state index contributed by atoms with van der Waals surface area (Å²) in [5.74, 6) is 0.159. The van der Waals surface area contributed by atoms with Crippen molar-refractivity contribution in [2.75, 3.05) is 11.9 Å². The maximum atomic E-state index is 12.7. The standard InChI is InChI=1S/C20H25BrN2O4S/c1-5-12-27-18-11-6-14(21)13-17(18)19(24)22-15-7-9-16(10-8-15)28(25,26)23-20(2,3)4/h6-11,13,23H,5,12H2,1-4H3,(H,22,24). The number of carbonyl (C=O) groups excluding carboxylic acids is 1. The van der Waals surface area contributed by atoms with Crippen LogP contribution in [-0.4, -0.2) is 26.5 Å². The van der Waals surface area contributed by atoms with Crippen LogP contribution in [0.2, 0.25) is 0 Å². The van der Waals surface area contributed by atoms with Crippen molar-refractivity contribution in [3.63, 3.8) is 0 Å². The highest BCUT2D eigenvalue weighted by atomic mass is 79.9. The highest BCUT2D eigenvalue weighted by Gasteiger charge is 2.22. The van der Waals surface area contributed by atoms with E-state index >= 15 is 0 Å². The van der Waals surface area contributed by atoms with Gasteiger partial charge in [0.05, 0.1) is 17.1 Å². The minimum atomic E-state index is -3.63. The first-order chi connectivity index (χ1) is 13.0. The number of nitrogens with one attached hydrogen (secondary N) is 2. The molecule has 0 spiro atoms. The molecular formula is C20H25BrN2O4S. The van der Waals surface area contributed by atoms with E-state index in [2.05, 4.69) is 26.0 Å². The summed E-state index contributed by atoms with van der Waals surface area (Å²) >= 11 is 3.36. The van der Waals surface area contributed by atoms with Crippen molar-refractivity contribution < 1.29 is 17.9 Å². The van der Waals surface area contributed by atoms with E-state index in [0.717, 1.165) is 10.9 Å². The smallest absolute Gasteiger partial charge is 0.259 e.